The Morgan fingerprint density at radius 1 is 1.00 bits per heavy atom. The van der Waals surface area contributed by atoms with Crippen molar-refractivity contribution >= 4 is 17.5 Å². The van der Waals surface area contributed by atoms with Crippen molar-refractivity contribution in [1.29, 1.82) is 0 Å². The Morgan fingerprint density at radius 3 is 2.41 bits per heavy atom. The van der Waals surface area contributed by atoms with E-state index in [-0.39, 0.29) is 30.0 Å². The number of carbonyl (C=O) groups is 2. The summed E-state index contributed by atoms with van der Waals surface area (Å²) in [6.07, 6.45) is -4.56. The summed E-state index contributed by atoms with van der Waals surface area (Å²) in [6.45, 7) is 1.25. The first-order chi connectivity index (χ1) is 18.7. The molecule has 0 saturated heterocycles. The van der Waals surface area contributed by atoms with Crippen molar-refractivity contribution in [3.8, 4) is 11.4 Å². The third-order valence-electron chi connectivity index (χ3n) is 5.88. The van der Waals surface area contributed by atoms with Gasteiger partial charge in [-0.25, -0.2) is 4.39 Å². The first-order valence-electron chi connectivity index (χ1n) is 12.0. The van der Waals surface area contributed by atoms with Crippen molar-refractivity contribution in [3.05, 3.63) is 95.8 Å². The Morgan fingerprint density at radius 2 is 1.72 bits per heavy atom. The van der Waals surface area contributed by atoms with Gasteiger partial charge in [-0.15, -0.1) is 10.2 Å². The summed E-state index contributed by atoms with van der Waals surface area (Å²) in [5.74, 6) is -1.96. The maximum Gasteiger partial charge on any atom is 0.416 e. The number of halogens is 4. The molecule has 8 nitrogen and oxygen atoms in total. The van der Waals surface area contributed by atoms with E-state index in [0.717, 1.165) is 33.5 Å². The van der Waals surface area contributed by atoms with Crippen molar-refractivity contribution < 1.29 is 27.2 Å². The number of nitrogens with zero attached hydrogens (tertiary/aromatic N) is 5. The summed E-state index contributed by atoms with van der Waals surface area (Å²) < 4.78 is 54.6. The van der Waals surface area contributed by atoms with Gasteiger partial charge in [-0.3, -0.25) is 14.5 Å². The van der Waals surface area contributed by atoms with E-state index in [1.165, 1.54) is 24.3 Å². The minimum Gasteiger partial charge on any atom is -0.350 e. The second-order valence-electron chi connectivity index (χ2n) is 8.56. The van der Waals surface area contributed by atoms with Crippen LogP contribution in [0.15, 0.2) is 78.9 Å². The maximum absolute atomic E-state index is 14.1. The molecule has 202 valence electrons. The van der Waals surface area contributed by atoms with Crippen molar-refractivity contribution in [2.45, 2.75) is 38.7 Å². The van der Waals surface area contributed by atoms with Crippen LogP contribution in [0.25, 0.3) is 11.4 Å². The van der Waals surface area contributed by atoms with E-state index in [1.54, 1.807) is 37.3 Å². The third kappa shape index (κ3) is 6.64. The van der Waals surface area contributed by atoms with Gasteiger partial charge < -0.3 is 5.32 Å². The molecule has 4 aromatic rings. The SMILES string of the molecule is CC[C@@H](C(=O)NCc1ccccc1)N(C(=O)Cn1nnc(-c2ccccc2F)n1)c1cccc(C(F)(F)F)c1. The Hall–Kier alpha value is -4.61. The number of nitrogens with one attached hydrogen (secondary N) is 1. The maximum atomic E-state index is 14.1. The summed E-state index contributed by atoms with van der Waals surface area (Å²) in [5, 5.41) is 14.4. The molecule has 0 saturated carbocycles. The van der Waals surface area contributed by atoms with Gasteiger partial charge in [-0.05, 0) is 47.5 Å². The molecule has 0 aliphatic carbocycles. The third-order valence-corrected chi connectivity index (χ3v) is 5.88. The molecular formula is C27H24F4N6O2. The van der Waals surface area contributed by atoms with Crippen LogP contribution in [0.2, 0.25) is 0 Å². The van der Waals surface area contributed by atoms with Crippen molar-refractivity contribution in [1.82, 2.24) is 25.5 Å². The fraction of sp³-hybridized carbons (Fsp3) is 0.222. The predicted octanol–water partition coefficient (Wildman–Crippen LogP) is 4.63. The lowest BCUT2D eigenvalue weighted by Gasteiger charge is -2.30. The molecule has 1 atom stereocenters. The highest BCUT2D eigenvalue weighted by molar-refractivity contribution is 6.00. The van der Waals surface area contributed by atoms with Gasteiger partial charge in [0.1, 0.15) is 18.4 Å². The smallest absolute Gasteiger partial charge is 0.350 e. The molecule has 1 heterocycles. The molecule has 3 aromatic carbocycles. The Labute approximate surface area is 221 Å². The quantitative estimate of drug-likeness (QED) is 0.313. The fourth-order valence-corrected chi connectivity index (χ4v) is 3.98. The standard InChI is InChI=1S/C27H24F4N6O2/c1-2-23(26(39)32-16-18-9-4-3-5-10-18)37(20-12-8-11-19(15-20)27(29,30)31)24(38)17-36-34-25(33-35-36)21-13-6-7-14-22(21)28/h3-15,23H,2,16-17H2,1H3,(H,32,39)/t23-/m0/s1. The van der Waals surface area contributed by atoms with Crippen LogP contribution >= 0.6 is 0 Å². The molecule has 12 heteroatoms. The number of rotatable bonds is 9. The Kier molecular flexibility index (Phi) is 8.33. The lowest BCUT2D eigenvalue weighted by Crippen LogP contribution is -2.50. The van der Waals surface area contributed by atoms with E-state index in [4.69, 9.17) is 0 Å². The van der Waals surface area contributed by atoms with Crippen LogP contribution in [0, 0.1) is 5.82 Å². The molecular weight excluding hydrogens is 516 g/mol. The van der Waals surface area contributed by atoms with Gasteiger partial charge in [0, 0.05) is 12.2 Å². The number of alkyl halides is 3. The van der Waals surface area contributed by atoms with Gasteiger partial charge >= 0.3 is 6.18 Å². The van der Waals surface area contributed by atoms with Gasteiger partial charge in [-0.2, -0.15) is 18.0 Å². The van der Waals surface area contributed by atoms with Crippen molar-refractivity contribution in [3.63, 3.8) is 0 Å². The van der Waals surface area contributed by atoms with Gasteiger partial charge in [0.15, 0.2) is 0 Å². The second-order valence-corrected chi connectivity index (χ2v) is 8.56. The summed E-state index contributed by atoms with van der Waals surface area (Å²) in [6, 6.07) is 17.8. The molecule has 0 spiro atoms. The number of carbonyl (C=O) groups excluding carboxylic acids is 2. The molecule has 2 amide bonds. The minimum atomic E-state index is -4.66. The van der Waals surface area contributed by atoms with Crippen molar-refractivity contribution in [2.24, 2.45) is 0 Å². The summed E-state index contributed by atoms with van der Waals surface area (Å²) in [4.78, 5) is 28.6. The monoisotopic (exact) mass is 540 g/mol. The molecule has 0 radical (unpaired) electrons. The van der Waals surface area contributed by atoms with Gasteiger partial charge in [0.05, 0.1) is 11.1 Å². The van der Waals surface area contributed by atoms with E-state index >= 15 is 0 Å². The molecule has 0 aliphatic heterocycles. The summed E-state index contributed by atoms with van der Waals surface area (Å²) >= 11 is 0. The lowest BCUT2D eigenvalue weighted by molar-refractivity contribution is -0.137. The largest absolute Gasteiger partial charge is 0.416 e. The molecule has 1 N–H and O–H groups in total. The first kappa shape index (κ1) is 27.4. The highest BCUT2D eigenvalue weighted by Gasteiger charge is 2.34. The van der Waals surface area contributed by atoms with Crippen LogP contribution in [0.4, 0.5) is 23.2 Å². The van der Waals surface area contributed by atoms with Crippen LogP contribution in [-0.4, -0.2) is 38.1 Å². The molecule has 0 fully saturated rings. The number of tetrazole rings is 1. The highest BCUT2D eigenvalue weighted by Crippen LogP contribution is 2.32. The Bertz CT molecular complexity index is 1440. The molecule has 39 heavy (non-hydrogen) atoms. The molecule has 0 unspecified atom stereocenters. The Balaban J connectivity index is 1.63. The van der Waals surface area contributed by atoms with E-state index in [2.05, 4.69) is 20.7 Å². The number of hydrogen-bond acceptors (Lipinski definition) is 5. The molecule has 1 aromatic heterocycles. The van der Waals surface area contributed by atoms with E-state index in [9.17, 15) is 27.2 Å². The summed E-state index contributed by atoms with van der Waals surface area (Å²) in [7, 11) is 0. The average molecular weight is 541 g/mol. The number of anilines is 1. The topological polar surface area (TPSA) is 93.0 Å². The number of benzene rings is 3. The van der Waals surface area contributed by atoms with Gasteiger partial charge in [0.25, 0.3) is 5.91 Å². The van der Waals surface area contributed by atoms with Crippen LogP contribution < -0.4 is 10.2 Å². The van der Waals surface area contributed by atoms with E-state index in [1.807, 2.05) is 6.07 Å². The van der Waals surface area contributed by atoms with Crippen LogP contribution in [0.3, 0.4) is 0 Å². The van der Waals surface area contributed by atoms with Crippen LogP contribution in [0.1, 0.15) is 24.5 Å². The van der Waals surface area contributed by atoms with Crippen LogP contribution in [0.5, 0.6) is 0 Å². The zero-order valence-corrected chi connectivity index (χ0v) is 20.8. The molecule has 0 bridgehead atoms. The zero-order valence-electron chi connectivity index (χ0n) is 20.8. The minimum absolute atomic E-state index is 0.0673. The van der Waals surface area contributed by atoms with Crippen molar-refractivity contribution in [2.75, 3.05) is 4.90 Å². The number of hydrogen-bond donors (Lipinski definition) is 1. The average Bonchev–Trinajstić information content (AvgIpc) is 3.38. The number of aromatic nitrogens is 4. The highest BCUT2D eigenvalue weighted by atomic mass is 19.4. The van der Waals surface area contributed by atoms with E-state index in [0.29, 0.717) is 0 Å². The molecule has 0 aliphatic rings. The van der Waals surface area contributed by atoms with Gasteiger partial charge in [-0.1, -0.05) is 55.5 Å². The first-order valence-corrected chi connectivity index (χ1v) is 12.0. The lowest BCUT2D eigenvalue weighted by atomic mass is 10.1. The fourth-order valence-electron chi connectivity index (χ4n) is 3.98. The van der Waals surface area contributed by atoms with Crippen LogP contribution in [-0.2, 0) is 28.9 Å². The van der Waals surface area contributed by atoms with Gasteiger partial charge in [0.2, 0.25) is 11.7 Å². The van der Waals surface area contributed by atoms with E-state index < -0.39 is 42.0 Å². The normalized spacial score (nSPS) is 12.1. The summed E-state index contributed by atoms with van der Waals surface area (Å²) in [5.41, 5.74) is -0.216. The predicted molar refractivity (Wildman–Crippen MR) is 135 cm³/mol. The zero-order chi connectivity index (χ0) is 28.0. The molecule has 4 rings (SSSR count). The second kappa shape index (κ2) is 11.8. The number of amides is 2.